The number of hydrogen-bond donors (Lipinski definition) is 0. The van der Waals surface area contributed by atoms with Crippen molar-refractivity contribution in [2.75, 3.05) is 7.05 Å². The molecule has 2 aromatic rings. The molecule has 1 aliphatic rings. The van der Waals surface area contributed by atoms with Crippen LogP contribution in [0.3, 0.4) is 0 Å². The summed E-state index contributed by atoms with van der Waals surface area (Å²) in [4.78, 5) is 16.8. The Kier molecular flexibility index (Phi) is 3.67. The van der Waals surface area contributed by atoms with E-state index in [1.165, 1.54) is 23.9 Å². The van der Waals surface area contributed by atoms with E-state index >= 15 is 0 Å². The van der Waals surface area contributed by atoms with Crippen molar-refractivity contribution >= 4 is 28.4 Å². The Morgan fingerprint density at radius 2 is 2.24 bits per heavy atom. The van der Waals surface area contributed by atoms with Gasteiger partial charge >= 0.3 is 5.88 Å². The van der Waals surface area contributed by atoms with Crippen LogP contribution in [-0.4, -0.2) is 18.0 Å². The molecule has 0 atom stereocenters. The number of nitriles is 1. The minimum Gasteiger partial charge on any atom is -0.401 e. The van der Waals surface area contributed by atoms with E-state index in [2.05, 4.69) is 11.1 Å². The number of nitroso groups, excluding NO2 is 1. The van der Waals surface area contributed by atoms with E-state index in [1.54, 1.807) is 29.7 Å². The molecule has 1 aliphatic carbocycles. The number of aryl methyl sites for hydroxylation is 1. The fourth-order valence-corrected chi connectivity index (χ4v) is 3.64. The first-order valence-electron chi connectivity index (χ1n) is 6.78. The maximum atomic E-state index is 11.1. The van der Waals surface area contributed by atoms with Crippen LogP contribution in [0, 0.1) is 16.2 Å². The van der Waals surface area contributed by atoms with Gasteiger partial charge in [-0.25, -0.2) is 4.99 Å². The lowest BCUT2D eigenvalue weighted by Crippen LogP contribution is -1.99. The number of furan rings is 1. The fraction of sp³-hybridized carbons (Fsp3) is 0.333. The Morgan fingerprint density at radius 3 is 2.95 bits per heavy atom. The van der Waals surface area contributed by atoms with Crippen molar-refractivity contribution in [2.45, 2.75) is 25.7 Å². The molecule has 0 amide bonds. The molecular formula is C15H14N3O2S+. The van der Waals surface area contributed by atoms with Gasteiger partial charge in [0.15, 0.2) is 12.8 Å². The van der Waals surface area contributed by atoms with Gasteiger partial charge in [0.05, 0.1) is 22.6 Å². The van der Waals surface area contributed by atoms with E-state index < -0.39 is 0 Å². The minimum absolute atomic E-state index is 0.238. The molecule has 0 saturated carbocycles. The van der Waals surface area contributed by atoms with E-state index in [-0.39, 0.29) is 5.88 Å². The van der Waals surface area contributed by atoms with Gasteiger partial charge in [0.25, 0.3) is 0 Å². The lowest BCUT2D eigenvalue weighted by molar-refractivity contribution is -0.444. The van der Waals surface area contributed by atoms with Crippen molar-refractivity contribution < 1.29 is 9.18 Å². The van der Waals surface area contributed by atoms with Gasteiger partial charge in [-0.3, -0.25) is 0 Å². The summed E-state index contributed by atoms with van der Waals surface area (Å²) in [6.45, 7) is 0. The predicted molar refractivity (Wildman–Crippen MR) is 80.8 cm³/mol. The Hall–Kier alpha value is -2.26. The average Bonchev–Trinajstić information content (AvgIpc) is 3.09. The number of aliphatic imine (C=N–C) groups is 1. The molecule has 106 valence electrons. The molecule has 2 heterocycles. The second-order valence-corrected chi connectivity index (χ2v) is 6.02. The monoisotopic (exact) mass is 300 g/mol. The first-order valence-corrected chi connectivity index (χ1v) is 7.60. The van der Waals surface area contributed by atoms with Gasteiger partial charge in [-0.2, -0.15) is 5.26 Å². The molecule has 0 aliphatic heterocycles. The number of thiophene rings is 1. The van der Waals surface area contributed by atoms with E-state index in [9.17, 15) is 10.2 Å². The summed E-state index contributed by atoms with van der Waals surface area (Å²) in [6, 6.07) is 5.55. The highest BCUT2D eigenvalue weighted by Gasteiger charge is 2.20. The zero-order chi connectivity index (χ0) is 14.8. The van der Waals surface area contributed by atoms with Crippen molar-refractivity contribution in [1.82, 2.24) is 0 Å². The van der Waals surface area contributed by atoms with Crippen molar-refractivity contribution in [1.29, 1.82) is 5.26 Å². The number of hydrogen-bond acceptors (Lipinski definition) is 5. The molecule has 0 saturated heterocycles. The Balaban J connectivity index is 1.90. The molecule has 0 bridgehead atoms. The lowest BCUT2D eigenvalue weighted by atomic mass is 9.96. The second-order valence-electron chi connectivity index (χ2n) is 4.93. The fourth-order valence-electron chi connectivity index (χ4n) is 2.46. The smallest absolute Gasteiger partial charge is 0.401 e. The highest BCUT2D eigenvalue weighted by Crippen LogP contribution is 2.39. The van der Waals surface area contributed by atoms with E-state index in [0.29, 0.717) is 16.1 Å². The summed E-state index contributed by atoms with van der Waals surface area (Å²) < 4.78 is 5.98. The zero-order valence-electron chi connectivity index (χ0n) is 11.6. The molecule has 0 N–H and O–H groups in total. The first-order chi connectivity index (χ1) is 10.2. The quantitative estimate of drug-likeness (QED) is 0.638. The Morgan fingerprint density at radius 1 is 1.43 bits per heavy atom. The topological polar surface area (TPSA) is 69.4 Å². The van der Waals surface area contributed by atoms with E-state index in [0.717, 1.165) is 24.3 Å². The summed E-state index contributed by atoms with van der Waals surface area (Å²) in [7, 11) is 1.38. The molecule has 0 aromatic carbocycles. The van der Waals surface area contributed by atoms with Crippen molar-refractivity contribution in [3.05, 3.63) is 38.8 Å². The van der Waals surface area contributed by atoms with Crippen LogP contribution in [0.2, 0.25) is 0 Å². The molecule has 0 unspecified atom stereocenters. The van der Waals surface area contributed by atoms with E-state index in [1.807, 2.05) is 0 Å². The lowest BCUT2D eigenvalue weighted by Gasteiger charge is -2.09. The summed E-state index contributed by atoms with van der Waals surface area (Å²) in [6.07, 6.45) is 5.88. The van der Waals surface area contributed by atoms with Gasteiger partial charge in [-0.05, 0) is 37.3 Å². The van der Waals surface area contributed by atoms with Gasteiger partial charge in [0, 0.05) is 9.78 Å². The maximum absolute atomic E-state index is 11.1. The minimum atomic E-state index is 0.238. The Labute approximate surface area is 126 Å². The third-order valence-corrected chi connectivity index (χ3v) is 4.70. The second kappa shape index (κ2) is 5.62. The number of nitrogens with zero attached hydrogens (tertiary/aromatic N) is 3. The molecule has 3 rings (SSSR count). The van der Waals surface area contributed by atoms with Gasteiger partial charge in [-0.15, -0.1) is 11.3 Å². The highest BCUT2D eigenvalue weighted by atomic mass is 32.1. The van der Waals surface area contributed by atoms with Crippen LogP contribution < -0.4 is 0 Å². The van der Waals surface area contributed by atoms with Crippen LogP contribution in [0.5, 0.6) is 0 Å². The molecular weight excluding hydrogens is 286 g/mol. The largest absolute Gasteiger partial charge is 0.421 e. The summed E-state index contributed by atoms with van der Waals surface area (Å²) in [5.41, 5.74) is 1.86. The van der Waals surface area contributed by atoms with Crippen LogP contribution in [0.15, 0.2) is 21.5 Å². The first kappa shape index (κ1) is 13.7. The SMILES string of the molecule is C[N+](=O)c1ccc(C=Nc2sc3c(c2C#N)CCCC3)o1. The molecule has 21 heavy (non-hydrogen) atoms. The zero-order valence-corrected chi connectivity index (χ0v) is 12.4. The molecule has 6 heteroatoms. The third kappa shape index (κ3) is 2.65. The van der Waals surface area contributed by atoms with Gasteiger partial charge in [0.2, 0.25) is 0 Å². The summed E-state index contributed by atoms with van der Waals surface area (Å²) >= 11 is 1.58. The van der Waals surface area contributed by atoms with Crippen LogP contribution in [0.25, 0.3) is 0 Å². The van der Waals surface area contributed by atoms with Gasteiger partial charge in [-0.1, -0.05) is 0 Å². The molecule has 5 nitrogen and oxygen atoms in total. The van der Waals surface area contributed by atoms with Gasteiger partial charge < -0.3 is 4.42 Å². The number of rotatable bonds is 3. The highest BCUT2D eigenvalue weighted by molar-refractivity contribution is 7.16. The molecule has 0 fully saturated rings. The predicted octanol–water partition coefficient (Wildman–Crippen LogP) is 3.88. The third-order valence-electron chi connectivity index (χ3n) is 3.50. The van der Waals surface area contributed by atoms with Crippen LogP contribution >= 0.6 is 11.3 Å². The normalized spacial score (nSPS) is 14.1. The van der Waals surface area contributed by atoms with Gasteiger partial charge in [0.1, 0.15) is 11.1 Å². The van der Waals surface area contributed by atoms with Crippen LogP contribution in [0.1, 0.15) is 34.6 Å². The van der Waals surface area contributed by atoms with Crippen LogP contribution in [0.4, 0.5) is 10.9 Å². The number of fused-ring (bicyclic) bond motifs is 1. The summed E-state index contributed by atoms with van der Waals surface area (Å²) in [5.74, 6) is 0.741. The summed E-state index contributed by atoms with van der Waals surface area (Å²) in [5, 5.41) is 10.1. The van der Waals surface area contributed by atoms with Crippen LogP contribution in [-0.2, 0) is 12.8 Å². The maximum Gasteiger partial charge on any atom is 0.421 e. The molecule has 0 radical (unpaired) electrons. The van der Waals surface area contributed by atoms with Crippen molar-refractivity contribution in [3.63, 3.8) is 0 Å². The van der Waals surface area contributed by atoms with E-state index in [4.69, 9.17) is 4.42 Å². The molecule has 2 aromatic heterocycles. The van der Waals surface area contributed by atoms with Crippen molar-refractivity contribution in [3.8, 4) is 6.07 Å². The average molecular weight is 300 g/mol. The standard InChI is InChI=1S/C15H14N3O2S/c1-18(19)14-7-6-10(20-14)9-17-15-12(8-16)11-4-2-3-5-13(11)21-15/h6-7,9H,2-5H2,1H3/q+1. The Bertz CT molecular complexity index is 764. The van der Waals surface area contributed by atoms with Crippen molar-refractivity contribution in [2.24, 2.45) is 4.99 Å². The molecule has 0 spiro atoms.